The number of nitrogens with one attached hydrogen (secondary N) is 4. The number of aliphatic hydroxyl groups excluding tert-OH is 23. The van der Waals surface area contributed by atoms with E-state index in [1.165, 1.54) is 0 Å². The van der Waals surface area contributed by atoms with Crippen LogP contribution in [0.2, 0.25) is 0 Å². The van der Waals surface area contributed by atoms with Gasteiger partial charge in [0.2, 0.25) is 23.6 Å². The highest BCUT2D eigenvalue weighted by molar-refractivity contribution is 5.79. The second-order valence-electron chi connectivity index (χ2n) is 26.9. The Morgan fingerprint density at radius 2 is 0.752 bits per heavy atom. The van der Waals surface area contributed by atoms with Crippen LogP contribution in [0.5, 0.6) is 0 Å². The van der Waals surface area contributed by atoms with Crippen molar-refractivity contribution in [2.24, 2.45) is 0 Å². The highest BCUT2D eigenvalue weighted by Crippen LogP contribution is 2.44. The second-order valence-corrected chi connectivity index (χ2v) is 26.9. The predicted octanol–water partition coefficient (Wildman–Crippen LogP) is -19.1. The maximum Gasteiger partial charge on any atom is 0.364 e. The molecular weight excluding hydrogens is 1500 g/mol. The average molecular weight is 1600 g/mol. The number of hydrogen-bond acceptors (Lipinski definition) is 43. The van der Waals surface area contributed by atoms with E-state index in [-0.39, 0.29) is 0 Å². The van der Waals surface area contributed by atoms with Crippen molar-refractivity contribution in [3.05, 3.63) is 0 Å². The van der Waals surface area contributed by atoms with Crippen LogP contribution in [0.3, 0.4) is 0 Å². The van der Waals surface area contributed by atoms with E-state index in [2.05, 4.69) is 16.0 Å². The fourth-order valence-electron chi connectivity index (χ4n) is 13.6. The first-order chi connectivity index (χ1) is 51.1. The van der Waals surface area contributed by atoms with Crippen molar-refractivity contribution in [2.45, 2.75) is 272 Å². The minimum absolute atomic E-state index is 0.747. The SMILES string of the molecule is CC(=O)N[C@H]1[C@H](O[C@@H]2[C@H](O[C@]3(C(=O)O)C[C@H](O)[C@@H](NC(=O)CO)[C@H]([C@H](O)[C@H](O)CO)O3)[C@@H](O)[C@H](O[C@H]3[C@H](O)[C@@H](O)[C@H](O)O[C@@H]3CO)O[C@@H]2CO)O[C@H](CO[C@]2(C(=O)O)C[C@H](O)[C@@H](NC(C)=O)[C@H]([C@H](O)[C@H](O)CO)O2)[C@H](O)[C@@H]1O[C@@H]1O[C@H](CO)[C@H](O)[C@H](O[C@]2(C(=O)O)C[C@H](O)[C@@H](NC(C)=O)[C@H]([C@H](O)[C@H](O)CO)O2)[C@H]1O. The van der Waals surface area contributed by atoms with Crippen LogP contribution in [-0.4, -0.2) is 459 Å². The average Bonchev–Trinajstić information content (AvgIpc) is 0.781. The topological polar surface area (TPSA) is 814 Å². The molecule has 50 heteroatoms. The molecule has 7 saturated heterocycles. The summed E-state index contributed by atoms with van der Waals surface area (Å²) in [6.07, 6.45) is -79.6. The maximum absolute atomic E-state index is 13.9. The van der Waals surface area contributed by atoms with Crippen LogP contribution in [0.1, 0.15) is 40.0 Å². The van der Waals surface area contributed by atoms with Crippen LogP contribution in [-0.2, 0) is 95.1 Å². The summed E-state index contributed by atoms with van der Waals surface area (Å²) in [6.45, 7) is -8.35. The van der Waals surface area contributed by atoms with Gasteiger partial charge in [0, 0.05) is 40.0 Å². The molecule has 38 atom stereocenters. The van der Waals surface area contributed by atoms with Gasteiger partial charge in [0.05, 0.1) is 82.7 Å². The zero-order valence-electron chi connectivity index (χ0n) is 57.8. The van der Waals surface area contributed by atoms with Crippen molar-refractivity contribution in [2.75, 3.05) is 52.9 Å². The summed E-state index contributed by atoms with van der Waals surface area (Å²) >= 11 is 0. The monoisotopic (exact) mass is 1600 g/mol. The number of rotatable bonds is 33. The van der Waals surface area contributed by atoms with E-state index in [9.17, 15) is 166 Å². The van der Waals surface area contributed by atoms with E-state index in [0.717, 1.165) is 20.8 Å². The maximum atomic E-state index is 13.9. The minimum Gasteiger partial charge on any atom is -0.477 e. The van der Waals surface area contributed by atoms with Crippen LogP contribution >= 0.6 is 0 Å². The molecule has 7 aliphatic rings. The predicted molar refractivity (Wildman–Crippen MR) is 331 cm³/mol. The van der Waals surface area contributed by atoms with Gasteiger partial charge in [-0.05, 0) is 0 Å². The molecule has 628 valence electrons. The van der Waals surface area contributed by atoms with Crippen LogP contribution in [0.15, 0.2) is 0 Å². The first-order valence-corrected chi connectivity index (χ1v) is 33.7. The van der Waals surface area contributed by atoms with Crippen molar-refractivity contribution in [3.8, 4) is 0 Å². The zero-order valence-corrected chi connectivity index (χ0v) is 57.8. The van der Waals surface area contributed by atoms with Gasteiger partial charge in [-0.15, -0.1) is 0 Å². The summed E-state index contributed by atoms with van der Waals surface area (Å²) < 4.78 is 76.3. The molecule has 0 aromatic rings. The van der Waals surface area contributed by atoms with Crippen molar-refractivity contribution >= 4 is 41.5 Å². The summed E-state index contributed by atoms with van der Waals surface area (Å²) in [7, 11) is 0. The lowest BCUT2D eigenvalue weighted by atomic mass is 9.88. The number of hydrogen-bond donors (Lipinski definition) is 30. The zero-order chi connectivity index (χ0) is 81.5. The molecule has 0 radical (unpaired) electrons. The van der Waals surface area contributed by atoms with Crippen molar-refractivity contribution < 1.29 is 228 Å². The molecule has 7 aliphatic heterocycles. The molecule has 0 aromatic heterocycles. The Labute approximate surface area is 613 Å². The molecule has 0 aromatic carbocycles. The van der Waals surface area contributed by atoms with Gasteiger partial charge in [0.1, 0.15) is 159 Å². The molecule has 0 bridgehead atoms. The standard InChI is InChI=1S/C59H96N4O46/c1-15(71)60-29-18(74)4-57(54(91)92,105-45(29)33(81)21(77)7-64)97-14-27-37(85)44(104-52-40(88)48(36(84)24(10-67)99-52)108-58(55(93)94)5-19(75)30(61-16(2)72)46(106-58)34(82)22(78)8-65)32(62-17(3)73)51(101-27)103-43-26(12-69)100-53(102-42-25(11-68)98-50(90)39(87)38(42)86)41(89)49(43)109-59(56(95)96)6-20(76)31(63-28(80)13-70)47(107-59)35(83)23(79)9-66/h18-27,29-53,64-70,74-79,81-90H,4-14H2,1-3H3,(H,60,71)(H,61,72)(H,62,73)(H,63,80)(H,91,92)(H,93,94)(H,95,96)/t18-,19-,20-,21+,22+,23+,24+,25+,26+,27+,29+,30+,31+,32+,33+,34+,35+,36-,37-,38+,39+,40+,41+,42+,43-,44+,45+,46+,47+,48-,49+,50+,51-,52-,53-,57+,58-,59-/m0/s1. The van der Waals surface area contributed by atoms with E-state index in [0.29, 0.717) is 0 Å². The number of carboxylic acids is 3. The van der Waals surface area contributed by atoms with Crippen LogP contribution in [0.4, 0.5) is 0 Å². The Morgan fingerprint density at radius 1 is 0.394 bits per heavy atom. The smallest absolute Gasteiger partial charge is 0.364 e. The molecule has 0 spiro atoms. The lowest BCUT2D eigenvalue weighted by Crippen LogP contribution is -2.73. The van der Waals surface area contributed by atoms with E-state index in [1.54, 1.807) is 0 Å². The van der Waals surface area contributed by atoms with Gasteiger partial charge < -0.3 is 216 Å². The summed E-state index contributed by atoms with van der Waals surface area (Å²) in [5, 5.41) is 295. The molecular formula is C59H96N4O46. The highest BCUT2D eigenvalue weighted by atomic mass is 16.8. The minimum atomic E-state index is -3.68. The largest absolute Gasteiger partial charge is 0.477 e. The third kappa shape index (κ3) is 20.0. The van der Waals surface area contributed by atoms with Gasteiger partial charge in [-0.1, -0.05) is 0 Å². The molecule has 0 unspecified atom stereocenters. The summed E-state index contributed by atoms with van der Waals surface area (Å²) in [6, 6.07) is -8.19. The molecule has 0 saturated carbocycles. The third-order valence-electron chi connectivity index (χ3n) is 19.2. The van der Waals surface area contributed by atoms with Gasteiger partial charge in [-0.2, -0.15) is 0 Å². The lowest BCUT2D eigenvalue weighted by Gasteiger charge is -2.53. The molecule has 0 aliphatic carbocycles. The Bertz CT molecular complexity index is 3030. The number of aliphatic hydroxyl groups is 23. The molecule has 50 nitrogen and oxygen atoms in total. The Hall–Kier alpha value is -5.15. The fourth-order valence-corrected chi connectivity index (χ4v) is 13.6. The van der Waals surface area contributed by atoms with Crippen molar-refractivity contribution in [1.29, 1.82) is 0 Å². The quantitative estimate of drug-likeness (QED) is 0.0290. The Kier molecular flexibility index (Phi) is 32.0. The molecule has 4 amide bonds. The number of aliphatic carboxylic acids is 3. The van der Waals surface area contributed by atoms with Crippen molar-refractivity contribution in [1.82, 2.24) is 21.3 Å². The highest BCUT2D eigenvalue weighted by Gasteiger charge is 2.65. The lowest BCUT2D eigenvalue weighted by molar-refractivity contribution is -0.405. The normalized spacial score (nSPS) is 43.1. The van der Waals surface area contributed by atoms with Gasteiger partial charge >= 0.3 is 17.9 Å². The van der Waals surface area contributed by atoms with E-state index < -0.39 is 345 Å². The molecule has 30 N–H and O–H groups in total. The van der Waals surface area contributed by atoms with Gasteiger partial charge in [0.15, 0.2) is 25.2 Å². The van der Waals surface area contributed by atoms with Crippen LogP contribution in [0, 0.1) is 0 Å². The van der Waals surface area contributed by atoms with Gasteiger partial charge in [-0.3, -0.25) is 19.2 Å². The van der Waals surface area contributed by atoms with Crippen molar-refractivity contribution in [3.63, 3.8) is 0 Å². The summed E-state index contributed by atoms with van der Waals surface area (Å²) in [4.78, 5) is 92.0. The Morgan fingerprint density at radius 3 is 1.17 bits per heavy atom. The van der Waals surface area contributed by atoms with Gasteiger partial charge in [-0.25, -0.2) is 14.4 Å². The second kappa shape index (κ2) is 38.3. The summed E-state index contributed by atoms with van der Waals surface area (Å²) in [5.41, 5.74) is 0. The number of carbonyl (C=O) groups is 7. The summed E-state index contributed by atoms with van der Waals surface area (Å²) in [5.74, 6) is -21.9. The molecule has 7 fully saturated rings. The van der Waals surface area contributed by atoms with E-state index >= 15 is 0 Å². The number of ether oxygens (including phenoxy) is 13. The molecule has 109 heavy (non-hydrogen) atoms. The van der Waals surface area contributed by atoms with Crippen LogP contribution < -0.4 is 21.3 Å². The fraction of sp³-hybridized carbons (Fsp3) is 0.881. The third-order valence-corrected chi connectivity index (χ3v) is 19.2. The van der Waals surface area contributed by atoms with E-state index in [4.69, 9.17) is 61.6 Å². The van der Waals surface area contributed by atoms with E-state index in [1.807, 2.05) is 5.32 Å². The first kappa shape index (κ1) is 91.0. The number of carboxylic acid groups (broad SMARTS) is 3. The number of amides is 4. The van der Waals surface area contributed by atoms with Gasteiger partial charge in [0.25, 0.3) is 17.4 Å². The first-order valence-electron chi connectivity index (χ1n) is 33.7. The Balaban J connectivity index is 1.41. The molecule has 7 heterocycles. The molecule has 7 rings (SSSR count). The van der Waals surface area contributed by atoms with Crippen LogP contribution in [0.25, 0.3) is 0 Å². The number of carbonyl (C=O) groups excluding carboxylic acids is 4.